The zero-order chi connectivity index (χ0) is 64.7. The van der Waals surface area contributed by atoms with E-state index >= 15 is 9.59 Å². The normalized spacial score (nSPS) is 37.2. The number of halogens is 3. The summed E-state index contributed by atoms with van der Waals surface area (Å²) in [5.74, 6) is -8.30. The minimum absolute atomic E-state index is 0.0394. The monoisotopic (exact) mass is 1240 g/mol. The van der Waals surface area contributed by atoms with Crippen molar-refractivity contribution in [3.8, 4) is 0 Å². The predicted molar refractivity (Wildman–Crippen MR) is 302 cm³/mol. The Morgan fingerprint density at radius 2 is 1.53 bits per heavy atom. The third kappa shape index (κ3) is 19.9. The Morgan fingerprint density at radius 3 is 2.12 bits per heavy atom. The first-order valence-corrected chi connectivity index (χ1v) is 29.4. The zero-order valence-corrected chi connectivity index (χ0v) is 52.7. The van der Waals surface area contributed by atoms with Gasteiger partial charge in [0.2, 0.25) is 0 Å². The van der Waals surface area contributed by atoms with Gasteiger partial charge < -0.3 is 82.5 Å². The smallest absolute Gasteiger partial charge is 0.417 e. The summed E-state index contributed by atoms with van der Waals surface area (Å²) in [4.78, 5) is 78.9. The number of esters is 2. The second-order valence-electron chi connectivity index (χ2n) is 24.2. The number of aliphatic hydroxyl groups is 2. The van der Waals surface area contributed by atoms with E-state index in [1.54, 1.807) is 48.5 Å². The lowest BCUT2D eigenvalue weighted by Crippen LogP contribution is -2.59. The number of amides is 1. The minimum Gasteiger partial charge on any atom is -0.483 e. The largest absolute Gasteiger partial charge is 0.483 e. The number of oxime groups is 1. The number of likely N-dealkylation sites (N-methyl/N-ethyl adjacent to an activating group) is 1. The van der Waals surface area contributed by atoms with Crippen molar-refractivity contribution in [1.29, 1.82) is 0 Å². The molecule has 0 spiro atoms. The zero-order valence-electron chi connectivity index (χ0n) is 52.7. The van der Waals surface area contributed by atoms with Gasteiger partial charge in [0, 0.05) is 70.0 Å². The van der Waals surface area contributed by atoms with Crippen molar-refractivity contribution >= 4 is 36.0 Å². The number of ketones is 1. The molecule has 1 aromatic heterocycles. The highest BCUT2D eigenvalue weighted by Crippen LogP contribution is 2.41. The number of alkyl carbamates (subject to hydrolysis) is 1. The molecular weight excluding hydrogens is 1140 g/mol. The number of hydrogen-bond donors (Lipinski definition) is 4. The van der Waals surface area contributed by atoms with Crippen LogP contribution in [0.15, 0.2) is 23.5 Å². The van der Waals surface area contributed by atoms with Gasteiger partial charge in [-0.2, -0.15) is 13.2 Å². The number of methoxy groups -OCH3 is 2. The molecule has 1 amide bonds. The highest BCUT2D eigenvalue weighted by atomic mass is 19.4. The summed E-state index contributed by atoms with van der Waals surface area (Å²) in [6, 6.07) is 1.88. The summed E-state index contributed by atoms with van der Waals surface area (Å²) in [6.07, 6.45) is -19.1. The summed E-state index contributed by atoms with van der Waals surface area (Å²) in [5.41, 5.74) is -2.85. The van der Waals surface area contributed by atoms with Crippen LogP contribution in [-0.4, -0.2) is 200 Å². The Hall–Kier alpha value is -4.68. The number of ether oxygens (including phenoxy) is 11. The number of nitrogens with one attached hydrogen (secondary N) is 1. The van der Waals surface area contributed by atoms with Gasteiger partial charge in [0.1, 0.15) is 43.7 Å². The van der Waals surface area contributed by atoms with E-state index < -0.39 is 163 Å². The van der Waals surface area contributed by atoms with Crippen LogP contribution in [0.5, 0.6) is 0 Å². The number of pyridine rings is 1. The lowest BCUT2D eigenvalue weighted by atomic mass is 9.74. The fourth-order valence-corrected chi connectivity index (χ4v) is 11.9. The minimum atomic E-state index is -4.66. The molecule has 0 saturated carbocycles. The molecule has 5 rings (SSSR count). The molecule has 24 nitrogen and oxygen atoms in total. The molecule has 4 saturated heterocycles. The number of alkyl halides is 3. The molecule has 5 heterocycles. The lowest BCUT2D eigenvalue weighted by molar-refractivity contribution is -0.305. The number of hydrogen-bond acceptors (Lipinski definition) is 22. The number of carboxylic acid groups (broad SMARTS) is 1. The van der Waals surface area contributed by atoms with E-state index in [2.05, 4.69) is 20.4 Å². The SMILES string of the molecule is CO/N=C1\C[C@@H](C)O[C@@H](O[C@@H]2[C@@H](C)[C@H](O[C@H]3CC(C)N(C)C[C@H](C)O3)[C@@H](C)C(=O)O[C@H]([C@@H](C)CO[C@@H]3O[C@H](C)[C@@H](O)[C@@H](OC)[C@H]3OC)[C@H](C)[C@@H](OC(=O)CC(C)C)[C@@H](C)C(=O)[C@@](C)(OC(=O)NCc3ccc(C(F)(F)F)cn3)C[C@@H]2C)[C@@H]1O.O=CO. The topological polar surface area (TPSA) is 297 Å². The summed E-state index contributed by atoms with van der Waals surface area (Å²) in [6.45, 7) is 22.3. The van der Waals surface area contributed by atoms with E-state index in [9.17, 15) is 33.0 Å². The fourth-order valence-electron chi connectivity index (χ4n) is 11.9. The van der Waals surface area contributed by atoms with Gasteiger partial charge in [-0.15, -0.1) is 0 Å². The van der Waals surface area contributed by atoms with Crippen LogP contribution in [-0.2, 0) is 88.8 Å². The summed E-state index contributed by atoms with van der Waals surface area (Å²) in [5, 5.41) is 36.2. The average molecular weight is 1240 g/mol. The molecule has 4 aliphatic heterocycles. The molecule has 22 atom stereocenters. The first kappa shape index (κ1) is 73.8. The maximum absolute atomic E-state index is 15.8. The van der Waals surface area contributed by atoms with Crippen LogP contribution in [0.4, 0.5) is 18.0 Å². The maximum atomic E-state index is 15.8. The van der Waals surface area contributed by atoms with E-state index in [0.717, 1.165) is 12.1 Å². The fraction of sp³-hybridized carbons (Fsp3) is 0.814. The van der Waals surface area contributed by atoms with Gasteiger partial charge in [0.05, 0.1) is 72.5 Å². The third-order valence-electron chi connectivity index (χ3n) is 16.5. The average Bonchev–Trinajstić information content (AvgIpc) is 1.30. The van der Waals surface area contributed by atoms with Crippen molar-refractivity contribution in [2.24, 2.45) is 46.6 Å². The third-order valence-corrected chi connectivity index (χ3v) is 16.5. The molecule has 492 valence electrons. The van der Waals surface area contributed by atoms with Crippen molar-refractivity contribution in [3.63, 3.8) is 0 Å². The molecule has 0 bridgehead atoms. The van der Waals surface area contributed by atoms with E-state index in [-0.39, 0.29) is 61.8 Å². The molecule has 0 aliphatic carbocycles. The Bertz CT molecular complexity index is 2340. The van der Waals surface area contributed by atoms with Crippen LogP contribution >= 0.6 is 0 Å². The summed E-state index contributed by atoms with van der Waals surface area (Å²) < 4.78 is 110. The molecule has 0 radical (unpaired) electrons. The Kier molecular flexibility index (Phi) is 28.5. The number of aliphatic hydroxyl groups excluding tert-OH is 2. The standard InChI is InChI=1S/C58H93F3N4O18.CH2O2/c1-28(2)20-42(66)79-48-35(9)47(30(4)27-75-55-51(73-16)50(72-15)44(67)38(12)78-55)81-53(70)37(11)49(80-43-21-31(5)65(14)26-33(7)76-43)34(8)46(82-54-45(68)41(64-74-17)22-32(6)77-54)29(3)23-57(13,52(69)36(48)10)83-56(71)63-25-40-19-18-39(24-62-40)58(59,60)61;2-1-3/h18-19,24,28-38,43-51,54-55,67-68H,20-23,25-27H2,1-17H3,(H,63,71);1H,(H,2,3)/b64-41+;/t29-,30-,31?,32+,33-,34+,35-,36+,37+,38+,43-,44+,45+,46-,47+,48+,49-,50+,51+,54-,55+,57-;/m0./s1. The number of nitrogens with zero attached hydrogens (tertiary/aromatic N) is 3. The van der Waals surface area contributed by atoms with Gasteiger partial charge in [-0.05, 0) is 79.0 Å². The van der Waals surface area contributed by atoms with Gasteiger partial charge in [0.15, 0.2) is 30.3 Å². The molecular formula is C59H95F3N4O20. The number of aromatic nitrogens is 1. The summed E-state index contributed by atoms with van der Waals surface area (Å²) >= 11 is 0. The molecule has 27 heteroatoms. The van der Waals surface area contributed by atoms with Crippen molar-refractivity contribution in [2.45, 2.75) is 226 Å². The molecule has 4 N–H and O–H groups in total. The van der Waals surface area contributed by atoms with Crippen LogP contribution in [0.3, 0.4) is 0 Å². The summed E-state index contributed by atoms with van der Waals surface area (Å²) in [7, 11) is 6.16. The maximum Gasteiger partial charge on any atom is 0.417 e. The van der Waals surface area contributed by atoms with Crippen molar-refractivity contribution in [2.75, 3.05) is 41.5 Å². The van der Waals surface area contributed by atoms with Crippen molar-refractivity contribution < 1.29 is 109 Å². The number of cyclic esters (lactones) is 1. The molecule has 1 unspecified atom stereocenters. The van der Waals surface area contributed by atoms with Crippen LogP contribution in [0.25, 0.3) is 0 Å². The van der Waals surface area contributed by atoms with E-state index in [0.29, 0.717) is 19.2 Å². The molecule has 4 fully saturated rings. The molecule has 0 aromatic carbocycles. The van der Waals surface area contributed by atoms with Gasteiger partial charge in [-0.3, -0.25) is 24.2 Å². The number of Topliss-reactive ketones (excluding diaryl/α,β-unsaturated/α-hetero) is 1. The highest BCUT2D eigenvalue weighted by Gasteiger charge is 2.53. The first-order valence-electron chi connectivity index (χ1n) is 29.4. The van der Waals surface area contributed by atoms with Crippen molar-refractivity contribution in [1.82, 2.24) is 15.2 Å². The van der Waals surface area contributed by atoms with E-state index in [4.69, 9.17) is 66.8 Å². The number of rotatable bonds is 17. The van der Waals surface area contributed by atoms with Crippen LogP contribution in [0.1, 0.15) is 127 Å². The highest BCUT2D eigenvalue weighted by molar-refractivity contribution is 5.91. The van der Waals surface area contributed by atoms with E-state index in [1.807, 2.05) is 34.7 Å². The first-order chi connectivity index (χ1) is 40.2. The van der Waals surface area contributed by atoms with Gasteiger partial charge in [-0.25, -0.2) is 4.79 Å². The lowest BCUT2D eigenvalue weighted by Gasteiger charge is -2.45. The Balaban J connectivity index is 0.00000517. The predicted octanol–water partition coefficient (Wildman–Crippen LogP) is 6.32. The van der Waals surface area contributed by atoms with Gasteiger partial charge in [0.25, 0.3) is 6.47 Å². The second kappa shape index (κ2) is 33.2. The van der Waals surface area contributed by atoms with Crippen LogP contribution < -0.4 is 5.32 Å². The van der Waals surface area contributed by atoms with Crippen LogP contribution in [0, 0.1) is 41.4 Å². The second-order valence-corrected chi connectivity index (χ2v) is 24.2. The Morgan fingerprint density at radius 1 is 0.884 bits per heavy atom. The van der Waals surface area contributed by atoms with Crippen molar-refractivity contribution in [3.05, 3.63) is 29.6 Å². The Labute approximate surface area is 503 Å². The molecule has 86 heavy (non-hydrogen) atoms. The quantitative estimate of drug-likeness (QED) is 0.0574. The van der Waals surface area contributed by atoms with Gasteiger partial charge in [-0.1, -0.05) is 53.6 Å². The number of carbonyl (C=O) groups excluding carboxylic acids is 4. The molecule has 4 aliphatic rings. The van der Waals surface area contributed by atoms with Gasteiger partial charge >= 0.3 is 24.2 Å². The number of carbonyl (C=O) groups is 5. The molecule has 1 aromatic rings. The van der Waals surface area contributed by atoms with E-state index in [1.165, 1.54) is 35.2 Å². The van der Waals surface area contributed by atoms with Crippen LogP contribution in [0.2, 0.25) is 0 Å².